The first kappa shape index (κ1) is 22.0. The fraction of sp³-hybridized carbons (Fsp3) is 0.714. The van der Waals surface area contributed by atoms with Gasteiger partial charge in [0.2, 0.25) is 5.91 Å². The lowest BCUT2D eigenvalue weighted by molar-refractivity contribution is -0.143. The molecule has 0 saturated carbocycles. The number of rotatable bonds is 15. The Morgan fingerprint density at radius 3 is 2.08 bits per heavy atom. The van der Waals surface area contributed by atoms with Crippen molar-refractivity contribution in [2.45, 2.75) is 12.8 Å². The van der Waals surface area contributed by atoms with Crippen LogP contribution in [0.1, 0.15) is 12.8 Å². The highest BCUT2D eigenvalue weighted by atomic mass is 16.5. The SMILES string of the molecule is COC(=O)CNC(=O)COCCOCCC(=O)CCOCC(=O)O. The molecule has 0 aromatic rings. The Labute approximate surface area is 139 Å². The largest absolute Gasteiger partial charge is 0.480 e. The van der Waals surface area contributed by atoms with Gasteiger partial charge in [-0.25, -0.2) is 4.79 Å². The van der Waals surface area contributed by atoms with Gasteiger partial charge in [0.05, 0.1) is 33.5 Å². The van der Waals surface area contributed by atoms with E-state index in [1.807, 2.05) is 0 Å². The van der Waals surface area contributed by atoms with Gasteiger partial charge in [0, 0.05) is 12.8 Å². The molecule has 0 aromatic carbocycles. The number of carbonyl (C=O) groups excluding carboxylic acids is 3. The second kappa shape index (κ2) is 14.5. The zero-order valence-electron chi connectivity index (χ0n) is 13.6. The molecular weight excluding hydrogens is 326 g/mol. The molecule has 10 nitrogen and oxygen atoms in total. The zero-order valence-corrected chi connectivity index (χ0v) is 13.6. The highest BCUT2D eigenvalue weighted by Crippen LogP contribution is 1.93. The lowest BCUT2D eigenvalue weighted by Gasteiger charge is -2.06. The van der Waals surface area contributed by atoms with Crippen LogP contribution in [0.2, 0.25) is 0 Å². The maximum atomic E-state index is 11.4. The topological polar surface area (TPSA) is 137 Å². The van der Waals surface area contributed by atoms with Gasteiger partial charge in [-0.15, -0.1) is 0 Å². The first-order chi connectivity index (χ1) is 11.5. The van der Waals surface area contributed by atoms with Crippen molar-refractivity contribution in [1.29, 1.82) is 0 Å². The summed E-state index contributed by atoms with van der Waals surface area (Å²) in [6.07, 6.45) is 0.323. The molecule has 0 aromatic heterocycles. The summed E-state index contributed by atoms with van der Waals surface area (Å²) in [6, 6.07) is 0. The van der Waals surface area contributed by atoms with Crippen LogP contribution < -0.4 is 5.32 Å². The molecule has 0 radical (unpaired) electrons. The van der Waals surface area contributed by atoms with Gasteiger partial charge in [-0.05, 0) is 0 Å². The van der Waals surface area contributed by atoms with Crippen LogP contribution in [-0.2, 0) is 38.1 Å². The molecule has 0 fully saturated rings. The van der Waals surface area contributed by atoms with Gasteiger partial charge in [0.1, 0.15) is 25.5 Å². The maximum Gasteiger partial charge on any atom is 0.329 e. The summed E-state index contributed by atoms with van der Waals surface area (Å²) in [5.74, 6) is -2.17. The number of hydrogen-bond acceptors (Lipinski definition) is 8. The van der Waals surface area contributed by atoms with Crippen LogP contribution in [0.3, 0.4) is 0 Å². The number of nitrogens with one attached hydrogen (secondary N) is 1. The van der Waals surface area contributed by atoms with Crippen LogP contribution in [-0.4, -0.2) is 82.0 Å². The Hall–Kier alpha value is -2.04. The van der Waals surface area contributed by atoms with Gasteiger partial charge in [-0.2, -0.15) is 0 Å². The lowest BCUT2D eigenvalue weighted by atomic mass is 10.2. The molecule has 0 rings (SSSR count). The number of hydrogen-bond donors (Lipinski definition) is 2. The Morgan fingerprint density at radius 2 is 1.46 bits per heavy atom. The molecule has 0 aliphatic carbocycles. The quantitative estimate of drug-likeness (QED) is 0.274. The summed E-state index contributed by atoms with van der Waals surface area (Å²) < 4.78 is 19.3. The minimum absolute atomic E-state index is 0.0644. The summed E-state index contributed by atoms with van der Waals surface area (Å²) in [5, 5.41) is 10.6. The number of ether oxygens (including phenoxy) is 4. The van der Waals surface area contributed by atoms with Crippen LogP contribution in [0, 0.1) is 0 Å². The molecule has 0 heterocycles. The fourth-order valence-electron chi connectivity index (χ4n) is 1.34. The molecular formula is C14H23NO9. The van der Waals surface area contributed by atoms with Crippen LogP contribution in [0.25, 0.3) is 0 Å². The van der Waals surface area contributed by atoms with Crippen molar-refractivity contribution in [3.05, 3.63) is 0 Å². The number of methoxy groups -OCH3 is 1. The predicted molar refractivity (Wildman–Crippen MR) is 79.4 cm³/mol. The predicted octanol–water partition coefficient (Wildman–Crippen LogP) is -1.24. The summed E-state index contributed by atoms with van der Waals surface area (Å²) in [7, 11) is 1.22. The van der Waals surface area contributed by atoms with Crippen molar-refractivity contribution < 1.29 is 43.2 Å². The zero-order chi connectivity index (χ0) is 18.2. The Balaban J connectivity index is 3.38. The number of esters is 1. The van der Waals surface area contributed by atoms with Crippen LogP contribution in [0.15, 0.2) is 0 Å². The van der Waals surface area contributed by atoms with Crippen molar-refractivity contribution in [2.75, 3.05) is 53.3 Å². The van der Waals surface area contributed by atoms with Crippen molar-refractivity contribution >= 4 is 23.6 Å². The first-order valence-corrected chi connectivity index (χ1v) is 7.26. The van der Waals surface area contributed by atoms with Gasteiger partial charge in [0.25, 0.3) is 0 Å². The average molecular weight is 349 g/mol. The summed E-state index contributed by atoms with van der Waals surface area (Å²) in [5.41, 5.74) is 0. The Morgan fingerprint density at radius 1 is 0.875 bits per heavy atom. The Kier molecular flexibility index (Phi) is 13.3. The van der Waals surface area contributed by atoms with Crippen LogP contribution >= 0.6 is 0 Å². The van der Waals surface area contributed by atoms with E-state index in [2.05, 4.69) is 10.1 Å². The van der Waals surface area contributed by atoms with E-state index in [1.165, 1.54) is 7.11 Å². The fourth-order valence-corrected chi connectivity index (χ4v) is 1.34. The molecule has 1 amide bonds. The monoisotopic (exact) mass is 349 g/mol. The molecule has 0 spiro atoms. The van der Waals surface area contributed by atoms with E-state index >= 15 is 0 Å². The number of carboxylic acid groups (broad SMARTS) is 1. The van der Waals surface area contributed by atoms with Gasteiger partial charge in [-0.3, -0.25) is 14.4 Å². The first-order valence-electron chi connectivity index (χ1n) is 7.26. The molecule has 24 heavy (non-hydrogen) atoms. The Bertz CT molecular complexity index is 411. The van der Waals surface area contributed by atoms with E-state index in [0.717, 1.165) is 0 Å². The molecule has 138 valence electrons. The minimum atomic E-state index is -1.08. The molecule has 0 bridgehead atoms. The van der Waals surface area contributed by atoms with Gasteiger partial charge in [-0.1, -0.05) is 0 Å². The third-order valence-corrected chi connectivity index (χ3v) is 2.54. The van der Waals surface area contributed by atoms with Crippen molar-refractivity contribution in [2.24, 2.45) is 0 Å². The third kappa shape index (κ3) is 14.9. The molecule has 0 aliphatic rings. The molecule has 0 atom stereocenters. The molecule has 0 aliphatic heterocycles. The second-order valence-electron chi connectivity index (χ2n) is 4.50. The van der Waals surface area contributed by atoms with E-state index in [1.54, 1.807) is 0 Å². The van der Waals surface area contributed by atoms with Gasteiger partial charge >= 0.3 is 11.9 Å². The summed E-state index contributed by atoms with van der Waals surface area (Å²) in [4.78, 5) is 43.6. The average Bonchev–Trinajstić information content (AvgIpc) is 2.55. The summed E-state index contributed by atoms with van der Waals surface area (Å²) in [6.45, 7) is -0.193. The van der Waals surface area contributed by atoms with Crippen LogP contribution in [0.4, 0.5) is 0 Å². The van der Waals surface area contributed by atoms with E-state index < -0.39 is 24.5 Å². The van der Waals surface area contributed by atoms with Gasteiger partial charge < -0.3 is 29.4 Å². The van der Waals surface area contributed by atoms with Crippen molar-refractivity contribution in [1.82, 2.24) is 5.32 Å². The lowest BCUT2D eigenvalue weighted by Crippen LogP contribution is -2.33. The molecule has 10 heteroatoms. The second-order valence-corrected chi connectivity index (χ2v) is 4.50. The van der Waals surface area contributed by atoms with Crippen molar-refractivity contribution in [3.63, 3.8) is 0 Å². The van der Waals surface area contributed by atoms with Gasteiger partial charge in [0.15, 0.2) is 0 Å². The number of amides is 1. The van der Waals surface area contributed by atoms with E-state index in [9.17, 15) is 19.2 Å². The number of carboxylic acids is 1. The molecule has 0 saturated heterocycles. The highest BCUT2D eigenvalue weighted by molar-refractivity contribution is 5.82. The van der Waals surface area contributed by atoms with E-state index in [-0.39, 0.29) is 58.2 Å². The highest BCUT2D eigenvalue weighted by Gasteiger charge is 2.06. The smallest absolute Gasteiger partial charge is 0.329 e. The third-order valence-electron chi connectivity index (χ3n) is 2.54. The normalized spacial score (nSPS) is 10.2. The number of Topliss-reactive ketones (excluding diaryl/α,β-unsaturated/α-hetero) is 1. The minimum Gasteiger partial charge on any atom is -0.480 e. The van der Waals surface area contributed by atoms with Crippen LogP contribution in [0.5, 0.6) is 0 Å². The maximum absolute atomic E-state index is 11.4. The molecule has 0 unspecified atom stereocenters. The molecule has 2 N–H and O–H groups in total. The standard InChI is InChI=1S/C14H23NO9/c1-21-14(20)8-15-12(17)9-24-7-6-22-4-2-11(16)3-5-23-10-13(18)19/h2-10H2,1H3,(H,15,17)(H,18,19). The number of aliphatic carboxylic acids is 1. The number of carbonyl (C=O) groups is 4. The van der Waals surface area contributed by atoms with Crippen molar-refractivity contribution in [3.8, 4) is 0 Å². The number of ketones is 1. The van der Waals surface area contributed by atoms with E-state index in [0.29, 0.717) is 0 Å². The summed E-state index contributed by atoms with van der Waals surface area (Å²) >= 11 is 0. The van der Waals surface area contributed by atoms with E-state index in [4.69, 9.17) is 19.3 Å².